The SMILES string of the molecule is CC(C)(C)C1CCN(Nc2ncnc3ccc(S(C)(=O)=O)cc23)CC1. The molecule has 2 aromatic rings. The van der Waals surface area contributed by atoms with Crippen molar-refractivity contribution in [2.24, 2.45) is 11.3 Å². The average molecular weight is 362 g/mol. The van der Waals surface area contributed by atoms with Crippen molar-refractivity contribution >= 4 is 26.6 Å². The van der Waals surface area contributed by atoms with Gasteiger partial charge in [-0.1, -0.05) is 20.8 Å². The zero-order chi connectivity index (χ0) is 18.2. The third-order valence-electron chi connectivity index (χ3n) is 5.02. The minimum Gasteiger partial charge on any atom is -0.302 e. The number of fused-ring (bicyclic) bond motifs is 1. The molecule has 25 heavy (non-hydrogen) atoms. The summed E-state index contributed by atoms with van der Waals surface area (Å²) in [5.41, 5.74) is 4.42. The normalized spacial score (nSPS) is 17.8. The number of nitrogens with one attached hydrogen (secondary N) is 1. The van der Waals surface area contributed by atoms with Crippen LogP contribution in [-0.4, -0.2) is 42.7 Å². The molecule has 0 unspecified atom stereocenters. The summed E-state index contributed by atoms with van der Waals surface area (Å²) in [5.74, 6) is 1.37. The molecule has 0 aliphatic carbocycles. The molecule has 6 nitrogen and oxygen atoms in total. The Morgan fingerprint density at radius 3 is 2.44 bits per heavy atom. The Balaban J connectivity index is 1.82. The van der Waals surface area contributed by atoms with Crippen molar-refractivity contribution in [3.8, 4) is 0 Å². The molecule has 1 fully saturated rings. The highest BCUT2D eigenvalue weighted by molar-refractivity contribution is 7.90. The lowest BCUT2D eigenvalue weighted by Crippen LogP contribution is -2.41. The van der Waals surface area contributed by atoms with Crippen LogP contribution in [0.5, 0.6) is 0 Å². The second kappa shape index (κ2) is 6.53. The highest BCUT2D eigenvalue weighted by atomic mass is 32.2. The van der Waals surface area contributed by atoms with E-state index in [1.807, 2.05) is 0 Å². The van der Waals surface area contributed by atoms with Gasteiger partial charge in [-0.3, -0.25) is 0 Å². The van der Waals surface area contributed by atoms with Crippen molar-refractivity contribution in [1.82, 2.24) is 15.0 Å². The lowest BCUT2D eigenvalue weighted by molar-refractivity contribution is 0.128. The van der Waals surface area contributed by atoms with Crippen LogP contribution in [0.2, 0.25) is 0 Å². The predicted octanol–water partition coefficient (Wildman–Crippen LogP) is 3.12. The first-order chi connectivity index (χ1) is 11.6. The molecule has 0 atom stereocenters. The van der Waals surface area contributed by atoms with Gasteiger partial charge in [0, 0.05) is 24.7 Å². The van der Waals surface area contributed by atoms with Crippen molar-refractivity contribution in [2.75, 3.05) is 24.8 Å². The molecule has 3 rings (SSSR count). The quantitative estimate of drug-likeness (QED) is 0.904. The maximum atomic E-state index is 11.8. The van der Waals surface area contributed by atoms with Gasteiger partial charge < -0.3 is 5.43 Å². The zero-order valence-corrected chi connectivity index (χ0v) is 16.1. The van der Waals surface area contributed by atoms with Crippen LogP contribution in [0.25, 0.3) is 10.9 Å². The van der Waals surface area contributed by atoms with E-state index in [1.165, 1.54) is 12.6 Å². The van der Waals surface area contributed by atoms with Gasteiger partial charge in [-0.25, -0.2) is 23.4 Å². The standard InChI is InChI=1S/C18H26N4O2S/c1-18(2,3)13-7-9-22(10-8-13)21-17-15-11-14(25(4,23)24)5-6-16(15)19-12-20-17/h5-6,11-13H,7-10H2,1-4H3,(H,19,20,21). The fraction of sp³-hybridized carbons (Fsp3) is 0.556. The van der Waals surface area contributed by atoms with Crippen LogP contribution in [-0.2, 0) is 9.84 Å². The van der Waals surface area contributed by atoms with Crippen LogP contribution < -0.4 is 5.43 Å². The minimum absolute atomic E-state index is 0.282. The number of anilines is 1. The summed E-state index contributed by atoms with van der Waals surface area (Å²) < 4.78 is 23.7. The number of nitrogens with zero attached hydrogens (tertiary/aromatic N) is 3. The first-order valence-electron chi connectivity index (χ1n) is 8.61. The predicted molar refractivity (Wildman–Crippen MR) is 100 cm³/mol. The molecule has 0 amide bonds. The summed E-state index contributed by atoms with van der Waals surface area (Å²) in [4.78, 5) is 8.85. The molecule has 2 heterocycles. The van der Waals surface area contributed by atoms with Gasteiger partial charge in [-0.15, -0.1) is 0 Å². The molecule has 1 aromatic heterocycles. The number of piperidine rings is 1. The Bertz CT molecular complexity index is 866. The smallest absolute Gasteiger partial charge is 0.175 e. The number of hydrogen-bond acceptors (Lipinski definition) is 6. The maximum absolute atomic E-state index is 11.8. The van der Waals surface area contributed by atoms with Gasteiger partial charge in [0.25, 0.3) is 0 Å². The molecule has 1 saturated heterocycles. The van der Waals surface area contributed by atoms with Gasteiger partial charge in [0.05, 0.1) is 10.4 Å². The number of sulfone groups is 1. The third-order valence-corrected chi connectivity index (χ3v) is 6.13. The van der Waals surface area contributed by atoms with Crippen LogP contribution in [0, 0.1) is 11.3 Å². The summed E-state index contributed by atoms with van der Waals surface area (Å²) in [5, 5.41) is 2.89. The van der Waals surface area contributed by atoms with E-state index in [4.69, 9.17) is 0 Å². The van der Waals surface area contributed by atoms with Gasteiger partial charge >= 0.3 is 0 Å². The number of hydrazine groups is 1. The number of hydrogen-bond donors (Lipinski definition) is 1. The fourth-order valence-electron chi connectivity index (χ4n) is 3.36. The largest absolute Gasteiger partial charge is 0.302 e. The molecule has 136 valence electrons. The van der Waals surface area contributed by atoms with E-state index in [0.29, 0.717) is 17.2 Å². The van der Waals surface area contributed by atoms with Gasteiger partial charge in [-0.05, 0) is 42.4 Å². The molecule has 7 heteroatoms. The zero-order valence-electron chi connectivity index (χ0n) is 15.3. The molecule has 0 radical (unpaired) electrons. The highest BCUT2D eigenvalue weighted by Gasteiger charge is 2.29. The van der Waals surface area contributed by atoms with E-state index in [-0.39, 0.29) is 4.90 Å². The van der Waals surface area contributed by atoms with Crippen LogP contribution in [0.3, 0.4) is 0 Å². The second-order valence-electron chi connectivity index (χ2n) is 7.91. The van der Waals surface area contributed by atoms with Crippen molar-refractivity contribution in [3.05, 3.63) is 24.5 Å². The summed E-state index contributed by atoms with van der Waals surface area (Å²) in [6.07, 6.45) is 4.98. The molecule has 1 aromatic carbocycles. The summed E-state index contributed by atoms with van der Waals surface area (Å²) >= 11 is 0. The van der Waals surface area contributed by atoms with E-state index < -0.39 is 9.84 Å². The lowest BCUT2D eigenvalue weighted by atomic mass is 9.75. The Labute approximate surface area is 149 Å². The van der Waals surface area contributed by atoms with Crippen LogP contribution >= 0.6 is 0 Å². The third kappa shape index (κ3) is 4.10. The van der Waals surface area contributed by atoms with Crippen molar-refractivity contribution in [2.45, 2.75) is 38.5 Å². The molecular weight excluding hydrogens is 336 g/mol. The van der Waals surface area contributed by atoms with Gasteiger partial charge in [-0.2, -0.15) is 0 Å². The summed E-state index contributed by atoms with van der Waals surface area (Å²) in [7, 11) is -3.26. The average Bonchev–Trinajstić information content (AvgIpc) is 2.53. The topological polar surface area (TPSA) is 75.2 Å². The monoisotopic (exact) mass is 362 g/mol. The number of rotatable bonds is 3. The highest BCUT2D eigenvalue weighted by Crippen LogP contribution is 2.34. The molecule has 1 aliphatic heterocycles. The molecular formula is C18H26N4O2S. The second-order valence-corrected chi connectivity index (χ2v) is 9.93. The Hall–Kier alpha value is -1.73. The van der Waals surface area contributed by atoms with Crippen molar-refractivity contribution < 1.29 is 8.42 Å². The minimum atomic E-state index is -3.26. The molecule has 1 aliphatic rings. The van der Waals surface area contributed by atoms with E-state index in [9.17, 15) is 8.42 Å². The van der Waals surface area contributed by atoms with E-state index in [2.05, 4.69) is 41.2 Å². The first kappa shape index (κ1) is 18.1. The molecule has 0 spiro atoms. The number of benzene rings is 1. The molecule has 1 N–H and O–H groups in total. The van der Waals surface area contributed by atoms with Crippen molar-refractivity contribution in [3.63, 3.8) is 0 Å². The van der Waals surface area contributed by atoms with Crippen LogP contribution in [0.15, 0.2) is 29.4 Å². The van der Waals surface area contributed by atoms with Gasteiger partial charge in [0.2, 0.25) is 0 Å². The molecule has 0 saturated carbocycles. The number of aromatic nitrogens is 2. The van der Waals surface area contributed by atoms with Crippen LogP contribution in [0.1, 0.15) is 33.6 Å². The summed E-state index contributed by atoms with van der Waals surface area (Å²) in [6, 6.07) is 4.96. The van der Waals surface area contributed by atoms with Crippen molar-refractivity contribution in [1.29, 1.82) is 0 Å². The maximum Gasteiger partial charge on any atom is 0.175 e. The Kier molecular flexibility index (Phi) is 4.72. The lowest BCUT2D eigenvalue weighted by Gasteiger charge is -2.38. The Morgan fingerprint density at radius 2 is 1.84 bits per heavy atom. The molecule has 0 bridgehead atoms. The van der Waals surface area contributed by atoms with E-state index >= 15 is 0 Å². The Morgan fingerprint density at radius 1 is 1.16 bits per heavy atom. The van der Waals surface area contributed by atoms with Gasteiger partial charge in [0.15, 0.2) is 15.7 Å². The van der Waals surface area contributed by atoms with E-state index in [1.54, 1.807) is 18.2 Å². The van der Waals surface area contributed by atoms with Crippen LogP contribution in [0.4, 0.5) is 5.82 Å². The summed E-state index contributed by atoms with van der Waals surface area (Å²) in [6.45, 7) is 8.78. The fourth-order valence-corrected chi connectivity index (χ4v) is 4.01. The van der Waals surface area contributed by atoms with E-state index in [0.717, 1.165) is 36.8 Å². The van der Waals surface area contributed by atoms with Gasteiger partial charge in [0.1, 0.15) is 6.33 Å². The first-order valence-corrected chi connectivity index (χ1v) is 10.5.